The summed E-state index contributed by atoms with van der Waals surface area (Å²) in [5.41, 5.74) is 6.69. The first-order chi connectivity index (χ1) is 12.2. The number of aromatic nitrogens is 4. The second-order valence-electron chi connectivity index (χ2n) is 5.37. The van der Waals surface area contributed by atoms with E-state index in [2.05, 4.69) is 23.8 Å². The molecule has 1 aliphatic rings. The minimum Gasteiger partial charge on any atom is -0.382 e. The third-order valence-electron chi connectivity index (χ3n) is 3.64. The monoisotopic (exact) mass is 409 g/mol. The van der Waals surface area contributed by atoms with Crippen LogP contribution in [-0.4, -0.2) is 49.1 Å². The third kappa shape index (κ3) is 4.27. The first-order valence-electron chi connectivity index (χ1n) is 7.36. The summed E-state index contributed by atoms with van der Waals surface area (Å²) < 4.78 is 43.1. The normalized spacial score (nSPS) is 25.2. The van der Waals surface area contributed by atoms with Crippen LogP contribution in [0.15, 0.2) is 12.7 Å². The Bertz CT molecular complexity index is 891. The molecule has 4 unspecified atom stereocenters. The van der Waals surface area contributed by atoms with Gasteiger partial charge in [-0.1, -0.05) is 0 Å². The second kappa shape index (κ2) is 7.29. The predicted octanol–water partition coefficient (Wildman–Crippen LogP) is 0.966. The van der Waals surface area contributed by atoms with E-state index in [1.807, 2.05) is 0 Å². The summed E-state index contributed by atoms with van der Waals surface area (Å²) in [4.78, 5) is 30.7. The summed E-state index contributed by atoms with van der Waals surface area (Å²) in [6.45, 7) is -0.322. The van der Waals surface area contributed by atoms with Crippen molar-refractivity contribution in [1.82, 2.24) is 19.5 Å². The molecular formula is C11H17N5O8P2. The molecule has 4 atom stereocenters. The van der Waals surface area contributed by atoms with Crippen molar-refractivity contribution in [2.45, 2.75) is 25.2 Å². The Morgan fingerprint density at radius 3 is 2.81 bits per heavy atom. The minimum atomic E-state index is -4.78. The number of hydrogen-bond donors (Lipinski definition) is 3. The van der Waals surface area contributed by atoms with E-state index < -0.39 is 28.0 Å². The number of nitrogens with zero attached hydrogens (tertiary/aromatic N) is 4. The van der Waals surface area contributed by atoms with Gasteiger partial charge in [-0.15, -0.1) is 0 Å². The van der Waals surface area contributed by atoms with Gasteiger partial charge in [0.1, 0.15) is 18.1 Å². The first-order valence-corrected chi connectivity index (χ1v) is 10.4. The van der Waals surface area contributed by atoms with Gasteiger partial charge in [-0.2, -0.15) is 4.31 Å². The summed E-state index contributed by atoms with van der Waals surface area (Å²) in [7, 11) is -8.58. The lowest BCUT2D eigenvalue weighted by Gasteiger charge is -2.18. The van der Waals surface area contributed by atoms with Crippen LogP contribution in [0.4, 0.5) is 5.82 Å². The zero-order chi connectivity index (χ0) is 18.9. The van der Waals surface area contributed by atoms with Gasteiger partial charge in [-0.25, -0.2) is 24.1 Å². The summed E-state index contributed by atoms with van der Waals surface area (Å²) in [6, 6.07) is 0. The van der Waals surface area contributed by atoms with E-state index in [-0.39, 0.29) is 12.4 Å². The largest absolute Gasteiger partial charge is 0.481 e. The molecule has 0 saturated carbocycles. The van der Waals surface area contributed by atoms with Gasteiger partial charge < -0.3 is 20.3 Å². The van der Waals surface area contributed by atoms with Crippen LogP contribution in [0.5, 0.6) is 0 Å². The summed E-state index contributed by atoms with van der Waals surface area (Å²) >= 11 is 0. The number of imidazole rings is 1. The topological polar surface area (TPSA) is 181 Å². The van der Waals surface area contributed by atoms with Gasteiger partial charge >= 0.3 is 15.6 Å². The van der Waals surface area contributed by atoms with Crippen molar-refractivity contribution in [1.29, 1.82) is 0 Å². The molecule has 3 heterocycles. The van der Waals surface area contributed by atoms with E-state index in [0.29, 0.717) is 24.0 Å². The van der Waals surface area contributed by atoms with Crippen molar-refractivity contribution in [3.63, 3.8) is 0 Å². The maximum absolute atomic E-state index is 11.7. The Hall–Kier alpha value is -1.43. The molecule has 0 amide bonds. The highest BCUT2D eigenvalue weighted by molar-refractivity contribution is 7.61. The second-order valence-corrected chi connectivity index (χ2v) is 8.52. The van der Waals surface area contributed by atoms with E-state index in [4.69, 9.17) is 19.9 Å². The van der Waals surface area contributed by atoms with Crippen molar-refractivity contribution in [3.05, 3.63) is 12.7 Å². The smallest absolute Gasteiger partial charge is 0.382 e. The van der Waals surface area contributed by atoms with Crippen LogP contribution in [0, 0.1) is 0 Å². The fraction of sp³-hybridized carbons (Fsp3) is 0.545. The molecule has 0 aromatic carbocycles. The van der Waals surface area contributed by atoms with Gasteiger partial charge in [0.15, 0.2) is 11.5 Å². The zero-order valence-corrected chi connectivity index (χ0v) is 15.3. The fourth-order valence-corrected chi connectivity index (χ4v) is 4.31. The average molecular weight is 409 g/mol. The minimum absolute atomic E-state index is 0.247. The van der Waals surface area contributed by atoms with Crippen LogP contribution in [0.25, 0.3) is 11.2 Å². The van der Waals surface area contributed by atoms with E-state index in [1.54, 1.807) is 4.57 Å². The predicted molar refractivity (Wildman–Crippen MR) is 86.6 cm³/mol. The molecule has 4 N–H and O–H groups in total. The molecule has 0 aliphatic carbocycles. The van der Waals surface area contributed by atoms with Crippen molar-refractivity contribution in [2.24, 2.45) is 0 Å². The first kappa shape index (κ1) is 19.3. The molecule has 26 heavy (non-hydrogen) atoms. The number of hydrogen-bond acceptors (Lipinski definition) is 10. The van der Waals surface area contributed by atoms with Crippen molar-refractivity contribution < 1.29 is 37.0 Å². The summed E-state index contributed by atoms with van der Waals surface area (Å²) in [5, 5.41) is 0. The van der Waals surface area contributed by atoms with E-state index in [1.165, 1.54) is 12.7 Å². The molecule has 2 aromatic rings. The molecule has 0 bridgehead atoms. The lowest BCUT2D eigenvalue weighted by Crippen LogP contribution is -2.16. The molecule has 1 fully saturated rings. The number of anilines is 1. The highest BCUT2D eigenvalue weighted by Gasteiger charge is 2.36. The summed E-state index contributed by atoms with van der Waals surface area (Å²) in [6.07, 6.45) is 2.94. The highest BCUT2D eigenvalue weighted by Crippen LogP contribution is 2.60. The number of nitrogens with two attached hydrogens (primary N) is 1. The highest BCUT2D eigenvalue weighted by atomic mass is 31.3. The number of phosphoric ester groups is 2. The van der Waals surface area contributed by atoms with Gasteiger partial charge in [0, 0.05) is 7.11 Å². The lowest BCUT2D eigenvalue weighted by molar-refractivity contribution is -0.0205. The Kier molecular flexibility index (Phi) is 5.42. The molecule has 1 saturated heterocycles. The Morgan fingerprint density at radius 2 is 2.08 bits per heavy atom. The van der Waals surface area contributed by atoms with Crippen LogP contribution in [-0.2, 0) is 27.2 Å². The standard InChI is InChI=1S/C11H17N5O8P2/c1-21-25(17,18)24-26(19,20)22-4-7-2-3-8(23-7)16-6-15-9-10(12)13-5-14-11(9)16/h5-8H,2-4H2,1H3,(H,17,18)(H,19,20)(H2,12,13,14). The van der Waals surface area contributed by atoms with Gasteiger partial charge in [0.05, 0.1) is 19.0 Å². The molecule has 0 radical (unpaired) electrons. The average Bonchev–Trinajstić information content (AvgIpc) is 3.19. The molecule has 1 aliphatic heterocycles. The Labute approximate surface area is 147 Å². The number of rotatable bonds is 7. The van der Waals surface area contributed by atoms with Gasteiger partial charge in [0.2, 0.25) is 0 Å². The van der Waals surface area contributed by atoms with Crippen LogP contribution >= 0.6 is 15.6 Å². The molecule has 3 rings (SSSR count). The molecule has 144 valence electrons. The molecule has 2 aromatic heterocycles. The third-order valence-corrected chi connectivity index (χ3v) is 6.23. The van der Waals surface area contributed by atoms with Crippen molar-refractivity contribution in [2.75, 3.05) is 19.5 Å². The maximum Gasteiger partial charge on any atom is 0.481 e. The SMILES string of the molecule is COP(=O)(O)OP(=O)(O)OCC1CCC(n2cnc3c(N)ncnc32)O1. The quantitative estimate of drug-likeness (QED) is 0.552. The summed E-state index contributed by atoms with van der Waals surface area (Å²) in [5.74, 6) is 0.247. The Balaban J connectivity index is 1.61. The van der Waals surface area contributed by atoms with E-state index in [0.717, 1.165) is 7.11 Å². The number of fused-ring (bicyclic) bond motifs is 1. The number of phosphoric acid groups is 2. The number of nitrogen functional groups attached to an aromatic ring is 1. The van der Waals surface area contributed by atoms with Gasteiger partial charge in [-0.05, 0) is 12.8 Å². The van der Waals surface area contributed by atoms with Crippen LogP contribution in [0.3, 0.4) is 0 Å². The van der Waals surface area contributed by atoms with Crippen LogP contribution < -0.4 is 5.73 Å². The molecule has 15 heteroatoms. The van der Waals surface area contributed by atoms with Crippen LogP contribution in [0.1, 0.15) is 19.1 Å². The van der Waals surface area contributed by atoms with Crippen molar-refractivity contribution >= 4 is 32.6 Å². The van der Waals surface area contributed by atoms with Crippen LogP contribution in [0.2, 0.25) is 0 Å². The zero-order valence-electron chi connectivity index (χ0n) is 13.5. The van der Waals surface area contributed by atoms with E-state index >= 15 is 0 Å². The molecular weight excluding hydrogens is 392 g/mol. The van der Waals surface area contributed by atoms with Crippen molar-refractivity contribution in [3.8, 4) is 0 Å². The maximum atomic E-state index is 11.7. The van der Waals surface area contributed by atoms with E-state index in [9.17, 15) is 14.0 Å². The lowest BCUT2D eigenvalue weighted by atomic mass is 10.2. The molecule has 13 nitrogen and oxygen atoms in total. The Morgan fingerprint density at radius 1 is 1.31 bits per heavy atom. The fourth-order valence-electron chi connectivity index (χ4n) is 2.46. The van der Waals surface area contributed by atoms with Gasteiger partial charge in [0.25, 0.3) is 0 Å². The molecule has 0 spiro atoms. The van der Waals surface area contributed by atoms with Gasteiger partial charge in [-0.3, -0.25) is 13.6 Å². The number of ether oxygens (including phenoxy) is 1.